The molecule has 0 rings (SSSR count). The lowest BCUT2D eigenvalue weighted by Gasteiger charge is -2.20. The molecule has 5 nitrogen and oxygen atoms in total. The van der Waals surface area contributed by atoms with Crippen LogP contribution in [-0.2, 0) is 18.4 Å². The molecule has 0 heterocycles. The highest BCUT2D eigenvalue weighted by Crippen LogP contribution is 2.55. The first-order valence-corrected chi connectivity index (χ1v) is 12.8. The van der Waals surface area contributed by atoms with Gasteiger partial charge in [0.1, 0.15) is 0 Å². The summed E-state index contributed by atoms with van der Waals surface area (Å²) in [4.78, 5) is 10.4. The fourth-order valence-corrected chi connectivity index (χ4v) is 4.87. The van der Waals surface area contributed by atoms with Crippen LogP contribution in [0.5, 0.6) is 0 Å². The van der Waals surface area contributed by atoms with E-state index in [0.29, 0.717) is 12.8 Å². The average molecular weight is 425 g/mol. The smallest absolute Gasteiger partial charge is 0.364 e. The van der Waals surface area contributed by atoms with Gasteiger partial charge in [0.05, 0.1) is 13.2 Å². The number of carboxylic acid groups (broad SMARTS) is 1. The van der Waals surface area contributed by atoms with Crippen LogP contribution in [0.2, 0.25) is 0 Å². The summed E-state index contributed by atoms with van der Waals surface area (Å²) in [7, 11) is -3.59. The van der Waals surface area contributed by atoms with Crippen LogP contribution in [-0.4, -0.2) is 30.2 Å². The number of carbonyl (C=O) groups is 1. The highest BCUT2D eigenvalue weighted by Gasteiger charge is 2.35. The first kappa shape index (κ1) is 27.5. The van der Waals surface area contributed by atoms with Crippen LogP contribution in [0.4, 0.5) is 4.39 Å². The van der Waals surface area contributed by atoms with Gasteiger partial charge in [-0.2, -0.15) is 0 Å². The van der Waals surface area contributed by atoms with Crippen LogP contribution in [0.25, 0.3) is 0 Å². The Hall–Kier alpha value is -0.450. The topological polar surface area (TPSA) is 72.8 Å². The highest BCUT2D eigenvalue weighted by molar-refractivity contribution is 7.54. The fourth-order valence-electron chi connectivity index (χ4n) is 3.25. The van der Waals surface area contributed by atoms with E-state index in [2.05, 4.69) is 0 Å². The van der Waals surface area contributed by atoms with Crippen LogP contribution in [0.3, 0.4) is 0 Å². The van der Waals surface area contributed by atoms with Gasteiger partial charge in [-0.1, -0.05) is 70.6 Å². The van der Waals surface area contributed by atoms with Gasteiger partial charge in [-0.15, -0.1) is 0 Å². The van der Waals surface area contributed by atoms with Crippen molar-refractivity contribution in [3.05, 3.63) is 0 Å². The molecule has 0 bridgehead atoms. The number of hydrogen-bond acceptors (Lipinski definition) is 4. The molecule has 168 valence electrons. The van der Waals surface area contributed by atoms with E-state index in [9.17, 15) is 13.8 Å². The molecule has 1 unspecified atom stereocenters. The zero-order chi connectivity index (χ0) is 21.1. The van der Waals surface area contributed by atoms with Crippen molar-refractivity contribution in [3.63, 3.8) is 0 Å². The van der Waals surface area contributed by atoms with Crippen LogP contribution < -0.4 is 0 Å². The summed E-state index contributed by atoms with van der Waals surface area (Å²) in [6, 6.07) is 0. The van der Waals surface area contributed by atoms with E-state index in [-0.39, 0.29) is 19.6 Å². The van der Waals surface area contributed by atoms with Crippen molar-refractivity contribution in [1.82, 2.24) is 0 Å². The van der Waals surface area contributed by atoms with E-state index in [4.69, 9.17) is 14.2 Å². The van der Waals surface area contributed by atoms with Crippen LogP contribution in [0.1, 0.15) is 110 Å². The number of unbranched alkanes of at least 4 members (excludes halogenated alkanes) is 12. The maximum atomic E-state index is 14.2. The molecule has 0 aliphatic heterocycles. The molecule has 0 radical (unpaired) electrons. The molecule has 0 aliphatic rings. The Kier molecular flexibility index (Phi) is 18.3. The van der Waals surface area contributed by atoms with Gasteiger partial charge in [-0.25, -0.2) is 4.39 Å². The molecule has 0 saturated carbocycles. The van der Waals surface area contributed by atoms with Crippen molar-refractivity contribution in [3.8, 4) is 0 Å². The lowest BCUT2D eigenvalue weighted by Crippen LogP contribution is -2.08. The second-order valence-corrected chi connectivity index (χ2v) is 9.49. The number of aliphatic carboxylic acids is 1. The number of carboxylic acids is 1. The molecule has 0 saturated heterocycles. The Morgan fingerprint density at radius 3 is 1.50 bits per heavy atom. The lowest BCUT2D eigenvalue weighted by molar-refractivity contribution is -0.137. The standard InChI is InChI=1S/C21H42FO5P/c1-3-26-28(25,27-4-2)20(22)18-16-14-12-10-8-6-5-7-9-11-13-15-17-19-21(23)24/h20H,3-19H2,1-2H3,(H,23,24). The van der Waals surface area contributed by atoms with Gasteiger partial charge in [0.15, 0.2) is 0 Å². The molecule has 0 amide bonds. The third kappa shape index (κ3) is 15.5. The molecular formula is C21H42FO5P. The maximum absolute atomic E-state index is 14.2. The molecule has 0 spiro atoms. The van der Waals surface area contributed by atoms with E-state index >= 15 is 0 Å². The van der Waals surface area contributed by atoms with E-state index in [1.807, 2.05) is 0 Å². The van der Waals surface area contributed by atoms with Crippen molar-refractivity contribution in [2.75, 3.05) is 13.2 Å². The monoisotopic (exact) mass is 424 g/mol. The first-order valence-electron chi connectivity index (χ1n) is 11.2. The Labute approximate surface area is 171 Å². The number of halogens is 1. The molecule has 0 aromatic carbocycles. The van der Waals surface area contributed by atoms with Crippen molar-refractivity contribution in [2.24, 2.45) is 0 Å². The van der Waals surface area contributed by atoms with E-state index < -0.39 is 19.5 Å². The molecule has 1 N–H and O–H groups in total. The van der Waals surface area contributed by atoms with Gasteiger partial charge < -0.3 is 14.2 Å². The van der Waals surface area contributed by atoms with Crippen molar-refractivity contribution in [1.29, 1.82) is 0 Å². The molecule has 28 heavy (non-hydrogen) atoms. The number of alkyl halides is 1. The summed E-state index contributed by atoms with van der Waals surface area (Å²) in [6.07, 6.45) is 14.8. The summed E-state index contributed by atoms with van der Waals surface area (Å²) in [6.45, 7) is 3.78. The normalized spacial score (nSPS) is 13.0. The van der Waals surface area contributed by atoms with Gasteiger partial charge >= 0.3 is 13.6 Å². The van der Waals surface area contributed by atoms with Crippen LogP contribution in [0, 0.1) is 0 Å². The van der Waals surface area contributed by atoms with E-state index in [0.717, 1.165) is 32.1 Å². The summed E-state index contributed by atoms with van der Waals surface area (Å²) in [5.41, 5.74) is 0. The van der Waals surface area contributed by atoms with Gasteiger partial charge in [0.2, 0.25) is 5.91 Å². The molecule has 0 fully saturated rings. The third-order valence-electron chi connectivity index (χ3n) is 4.79. The first-order chi connectivity index (χ1) is 13.5. The summed E-state index contributed by atoms with van der Waals surface area (Å²) < 4.78 is 36.5. The predicted octanol–water partition coefficient (Wildman–Crippen LogP) is 7.48. The summed E-state index contributed by atoms with van der Waals surface area (Å²) in [5, 5.41) is 8.56. The van der Waals surface area contributed by atoms with Gasteiger partial charge in [0.25, 0.3) is 0 Å². The van der Waals surface area contributed by atoms with Gasteiger partial charge in [-0.05, 0) is 33.1 Å². The van der Waals surface area contributed by atoms with Crippen molar-refractivity contribution in [2.45, 2.75) is 116 Å². The zero-order valence-corrected chi connectivity index (χ0v) is 18.9. The molecular weight excluding hydrogens is 382 g/mol. The van der Waals surface area contributed by atoms with Crippen LogP contribution in [0.15, 0.2) is 0 Å². The quantitative estimate of drug-likeness (QED) is 0.153. The Balaban J connectivity index is 3.43. The molecule has 1 atom stereocenters. The highest BCUT2D eigenvalue weighted by atomic mass is 31.2. The van der Waals surface area contributed by atoms with Gasteiger partial charge in [0, 0.05) is 6.42 Å². The van der Waals surface area contributed by atoms with Gasteiger partial charge in [-0.3, -0.25) is 9.36 Å². The molecule has 0 aliphatic carbocycles. The number of rotatable bonds is 21. The lowest BCUT2D eigenvalue weighted by atomic mass is 10.0. The molecule has 0 aromatic heterocycles. The Morgan fingerprint density at radius 1 is 0.786 bits per heavy atom. The zero-order valence-electron chi connectivity index (χ0n) is 18.0. The third-order valence-corrected chi connectivity index (χ3v) is 6.97. The van der Waals surface area contributed by atoms with Crippen molar-refractivity contribution >= 4 is 13.6 Å². The minimum absolute atomic E-state index is 0.197. The number of hydrogen-bond donors (Lipinski definition) is 1. The second-order valence-electron chi connectivity index (χ2n) is 7.34. The van der Waals surface area contributed by atoms with E-state index in [1.54, 1.807) is 13.8 Å². The second kappa shape index (κ2) is 18.6. The Bertz CT molecular complexity index is 410. The van der Waals surface area contributed by atoms with Crippen LogP contribution >= 0.6 is 7.60 Å². The maximum Gasteiger partial charge on any atom is 0.364 e. The summed E-state index contributed by atoms with van der Waals surface area (Å²) in [5.74, 6) is -2.21. The SMILES string of the molecule is CCOP(=O)(OCC)C(F)CCCCCCCCCCCCCCCC(=O)O. The minimum atomic E-state index is -3.59. The summed E-state index contributed by atoms with van der Waals surface area (Å²) >= 11 is 0. The van der Waals surface area contributed by atoms with Crippen molar-refractivity contribution < 1.29 is 27.9 Å². The minimum Gasteiger partial charge on any atom is -0.481 e. The van der Waals surface area contributed by atoms with E-state index in [1.165, 1.54) is 44.9 Å². The average Bonchev–Trinajstić information content (AvgIpc) is 2.64. The molecule has 7 heteroatoms. The Morgan fingerprint density at radius 2 is 1.14 bits per heavy atom. The largest absolute Gasteiger partial charge is 0.481 e. The fraction of sp³-hybridized carbons (Fsp3) is 0.952. The predicted molar refractivity (Wildman–Crippen MR) is 113 cm³/mol. The molecule has 0 aromatic rings.